The fourth-order valence-electron chi connectivity index (χ4n) is 2.79. The number of hydrogen-bond acceptors (Lipinski definition) is 5. The third kappa shape index (κ3) is 3.39. The number of thiophene rings is 1. The molecule has 0 unspecified atom stereocenters. The number of aromatic nitrogens is 1. The topological polar surface area (TPSA) is 42.4 Å². The zero-order chi connectivity index (χ0) is 15.5. The molecule has 3 heterocycles. The predicted molar refractivity (Wildman–Crippen MR) is 89.6 cm³/mol. The van der Waals surface area contributed by atoms with E-state index in [2.05, 4.69) is 16.4 Å². The van der Waals surface area contributed by atoms with Crippen molar-refractivity contribution in [2.45, 2.75) is 39.3 Å². The first kappa shape index (κ1) is 15.6. The van der Waals surface area contributed by atoms with Gasteiger partial charge in [-0.1, -0.05) is 6.07 Å². The van der Waals surface area contributed by atoms with Crippen LogP contribution in [-0.4, -0.2) is 35.0 Å². The average Bonchev–Trinajstić information content (AvgIpc) is 3.14. The Morgan fingerprint density at radius 1 is 1.41 bits per heavy atom. The second-order valence-electron chi connectivity index (χ2n) is 5.50. The van der Waals surface area contributed by atoms with Gasteiger partial charge in [0.25, 0.3) is 5.91 Å². The van der Waals surface area contributed by atoms with Gasteiger partial charge in [0.15, 0.2) is 0 Å². The fraction of sp³-hybridized carbons (Fsp3) is 0.500. The molecule has 1 saturated heterocycles. The minimum Gasteiger partial charge on any atom is -0.381 e. The van der Waals surface area contributed by atoms with Crippen molar-refractivity contribution in [1.29, 1.82) is 0 Å². The van der Waals surface area contributed by atoms with Gasteiger partial charge in [-0.05, 0) is 38.1 Å². The standard InChI is InChI=1S/C16H20N2O2S2/c1-11-15(22-12(2)17-11)16(19)18(10-14-4-3-9-21-14)13-5-7-20-8-6-13/h3-4,9,13H,5-8,10H2,1-2H3. The first-order chi connectivity index (χ1) is 10.6. The van der Waals surface area contributed by atoms with Gasteiger partial charge in [-0.3, -0.25) is 4.79 Å². The maximum Gasteiger partial charge on any atom is 0.266 e. The van der Waals surface area contributed by atoms with Gasteiger partial charge in [0.1, 0.15) is 4.88 Å². The first-order valence-corrected chi connectivity index (χ1v) is 9.20. The van der Waals surface area contributed by atoms with E-state index in [4.69, 9.17) is 4.74 Å². The lowest BCUT2D eigenvalue weighted by Gasteiger charge is -2.34. The van der Waals surface area contributed by atoms with E-state index in [-0.39, 0.29) is 11.9 Å². The van der Waals surface area contributed by atoms with Crippen molar-refractivity contribution >= 4 is 28.6 Å². The lowest BCUT2D eigenvalue weighted by molar-refractivity contribution is 0.0272. The van der Waals surface area contributed by atoms with Gasteiger partial charge in [0.2, 0.25) is 0 Å². The molecule has 0 aliphatic carbocycles. The van der Waals surface area contributed by atoms with Crippen LogP contribution in [0.4, 0.5) is 0 Å². The second kappa shape index (κ2) is 6.89. The highest BCUT2D eigenvalue weighted by atomic mass is 32.1. The zero-order valence-corrected chi connectivity index (χ0v) is 14.5. The Kier molecular flexibility index (Phi) is 4.90. The number of carbonyl (C=O) groups excluding carboxylic acids is 1. The molecular formula is C16H20N2O2S2. The monoisotopic (exact) mass is 336 g/mol. The van der Waals surface area contributed by atoms with Gasteiger partial charge in [0.05, 0.1) is 17.2 Å². The highest BCUT2D eigenvalue weighted by molar-refractivity contribution is 7.13. The molecule has 0 radical (unpaired) electrons. The van der Waals surface area contributed by atoms with Crippen LogP contribution >= 0.6 is 22.7 Å². The highest BCUT2D eigenvalue weighted by Gasteiger charge is 2.29. The molecule has 4 nitrogen and oxygen atoms in total. The fourth-order valence-corrected chi connectivity index (χ4v) is 4.37. The summed E-state index contributed by atoms with van der Waals surface area (Å²) >= 11 is 3.20. The molecule has 118 valence electrons. The molecule has 0 N–H and O–H groups in total. The minimum absolute atomic E-state index is 0.114. The third-order valence-electron chi connectivity index (χ3n) is 3.90. The van der Waals surface area contributed by atoms with E-state index in [0.717, 1.165) is 41.6 Å². The molecule has 0 saturated carbocycles. The summed E-state index contributed by atoms with van der Waals surface area (Å²) in [5.74, 6) is 0.114. The summed E-state index contributed by atoms with van der Waals surface area (Å²) in [7, 11) is 0. The molecule has 2 aromatic heterocycles. The maximum atomic E-state index is 13.1. The lowest BCUT2D eigenvalue weighted by Crippen LogP contribution is -2.42. The number of thiazole rings is 1. The molecule has 2 aromatic rings. The Balaban J connectivity index is 1.86. The van der Waals surface area contributed by atoms with E-state index >= 15 is 0 Å². The van der Waals surface area contributed by atoms with Gasteiger partial charge in [0, 0.05) is 24.1 Å². The molecule has 6 heteroatoms. The Hall–Kier alpha value is -1.24. The Labute approximate surface area is 138 Å². The molecule has 0 aromatic carbocycles. The van der Waals surface area contributed by atoms with E-state index in [1.54, 1.807) is 11.3 Å². The van der Waals surface area contributed by atoms with E-state index < -0.39 is 0 Å². The summed E-state index contributed by atoms with van der Waals surface area (Å²) in [6, 6.07) is 4.38. The molecular weight excluding hydrogens is 316 g/mol. The summed E-state index contributed by atoms with van der Waals surface area (Å²) in [4.78, 5) is 21.5. The largest absolute Gasteiger partial charge is 0.381 e. The van der Waals surface area contributed by atoms with E-state index in [1.165, 1.54) is 16.2 Å². The number of nitrogens with zero attached hydrogens (tertiary/aromatic N) is 2. The summed E-state index contributed by atoms with van der Waals surface area (Å²) in [5, 5.41) is 3.01. The van der Waals surface area contributed by atoms with Crippen LogP contribution in [0.25, 0.3) is 0 Å². The molecule has 0 spiro atoms. The average molecular weight is 336 g/mol. The summed E-state index contributed by atoms with van der Waals surface area (Å²) in [6.07, 6.45) is 1.82. The number of amides is 1. The quantitative estimate of drug-likeness (QED) is 0.856. The van der Waals surface area contributed by atoms with Crippen LogP contribution in [0.1, 0.15) is 38.1 Å². The highest BCUT2D eigenvalue weighted by Crippen LogP contribution is 2.26. The van der Waals surface area contributed by atoms with Crippen LogP contribution in [-0.2, 0) is 11.3 Å². The summed E-state index contributed by atoms with van der Waals surface area (Å²) in [6.45, 7) is 6.02. The van der Waals surface area contributed by atoms with Crippen LogP contribution < -0.4 is 0 Å². The van der Waals surface area contributed by atoms with Gasteiger partial charge >= 0.3 is 0 Å². The number of hydrogen-bond donors (Lipinski definition) is 0. The van der Waals surface area contributed by atoms with Crippen LogP contribution in [0.3, 0.4) is 0 Å². The van der Waals surface area contributed by atoms with Crippen molar-refractivity contribution in [1.82, 2.24) is 9.88 Å². The van der Waals surface area contributed by atoms with Crippen LogP contribution in [0.15, 0.2) is 17.5 Å². The zero-order valence-electron chi connectivity index (χ0n) is 12.9. The summed E-state index contributed by atoms with van der Waals surface area (Å²) < 4.78 is 5.45. The second-order valence-corrected chi connectivity index (χ2v) is 7.74. The van der Waals surface area contributed by atoms with Gasteiger partial charge in [-0.2, -0.15) is 0 Å². The number of ether oxygens (including phenoxy) is 1. The normalized spacial score (nSPS) is 15.9. The van der Waals surface area contributed by atoms with Gasteiger partial charge in [-0.25, -0.2) is 4.98 Å². The van der Waals surface area contributed by atoms with Crippen molar-refractivity contribution in [3.63, 3.8) is 0 Å². The summed E-state index contributed by atoms with van der Waals surface area (Å²) in [5.41, 5.74) is 0.843. The number of aryl methyl sites for hydroxylation is 2. The first-order valence-electron chi connectivity index (χ1n) is 7.50. The van der Waals surface area contributed by atoms with E-state index in [1.807, 2.05) is 24.8 Å². The Morgan fingerprint density at radius 2 is 2.18 bits per heavy atom. The third-order valence-corrected chi connectivity index (χ3v) is 5.82. The molecule has 1 fully saturated rings. The molecule has 0 atom stereocenters. The van der Waals surface area contributed by atoms with Crippen molar-refractivity contribution in [3.8, 4) is 0 Å². The minimum atomic E-state index is 0.114. The van der Waals surface area contributed by atoms with Crippen LogP contribution in [0.5, 0.6) is 0 Å². The van der Waals surface area contributed by atoms with Crippen molar-refractivity contribution < 1.29 is 9.53 Å². The van der Waals surface area contributed by atoms with E-state index in [0.29, 0.717) is 6.54 Å². The molecule has 3 rings (SSSR count). The van der Waals surface area contributed by atoms with Gasteiger partial charge < -0.3 is 9.64 Å². The van der Waals surface area contributed by atoms with E-state index in [9.17, 15) is 4.79 Å². The molecule has 1 amide bonds. The SMILES string of the molecule is Cc1nc(C)c(C(=O)N(Cc2cccs2)C2CCOCC2)s1. The van der Waals surface area contributed by atoms with Crippen LogP contribution in [0, 0.1) is 13.8 Å². The maximum absolute atomic E-state index is 13.1. The van der Waals surface area contributed by atoms with Crippen molar-refractivity contribution in [2.75, 3.05) is 13.2 Å². The molecule has 1 aliphatic heterocycles. The van der Waals surface area contributed by atoms with Crippen molar-refractivity contribution in [3.05, 3.63) is 38.0 Å². The predicted octanol–water partition coefficient (Wildman–Crippen LogP) is 3.64. The van der Waals surface area contributed by atoms with Gasteiger partial charge in [-0.15, -0.1) is 22.7 Å². The smallest absolute Gasteiger partial charge is 0.266 e. The molecule has 22 heavy (non-hydrogen) atoms. The Bertz CT molecular complexity index is 631. The lowest BCUT2D eigenvalue weighted by atomic mass is 10.1. The molecule has 1 aliphatic rings. The van der Waals surface area contributed by atoms with Crippen LogP contribution in [0.2, 0.25) is 0 Å². The van der Waals surface area contributed by atoms with Crippen molar-refractivity contribution in [2.24, 2.45) is 0 Å². The molecule has 0 bridgehead atoms. The Morgan fingerprint density at radius 3 is 2.77 bits per heavy atom. The number of carbonyl (C=O) groups is 1. The number of rotatable bonds is 4.